The van der Waals surface area contributed by atoms with E-state index in [2.05, 4.69) is 15.9 Å². The Bertz CT molecular complexity index is 678. The van der Waals surface area contributed by atoms with Crippen molar-refractivity contribution in [3.63, 3.8) is 0 Å². The lowest BCUT2D eigenvalue weighted by atomic mass is 9.98. The molecular weight excluding hydrogens is 351 g/mol. The van der Waals surface area contributed by atoms with Gasteiger partial charge in [-0.15, -0.1) is 0 Å². The molecule has 0 aliphatic rings. The summed E-state index contributed by atoms with van der Waals surface area (Å²) in [5.74, 6) is 0.0583. The van der Waals surface area contributed by atoms with Gasteiger partial charge in [-0.2, -0.15) is 13.2 Å². The molecule has 1 aromatic heterocycles. The van der Waals surface area contributed by atoms with Gasteiger partial charge in [0.2, 0.25) is 10.6 Å². The van der Waals surface area contributed by atoms with Crippen molar-refractivity contribution in [1.82, 2.24) is 0 Å². The minimum absolute atomic E-state index is 0.0815. The largest absolute Gasteiger partial charge is 0.503 e. The van der Waals surface area contributed by atoms with Gasteiger partial charge >= 0.3 is 6.18 Å². The molecule has 7 heteroatoms. The summed E-state index contributed by atoms with van der Waals surface area (Å²) >= 11 is 3.05. The molecule has 0 spiro atoms. The Balaban J connectivity index is 2.73. The number of aromatic hydroxyl groups is 1. The molecule has 0 saturated carbocycles. The predicted octanol–water partition coefficient (Wildman–Crippen LogP) is 4.81. The molecule has 3 nitrogen and oxygen atoms in total. The van der Waals surface area contributed by atoms with E-state index in [9.17, 15) is 18.3 Å². The summed E-state index contributed by atoms with van der Waals surface area (Å²) in [6, 6.07) is 3.40. The van der Waals surface area contributed by atoms with Crippen LogP contribution in [0.3, 0.4) is 0 Å². The first-order chi connectivity index (χ1) is 9.62. The first-order valence-electron chi connectivity index (χ1n) is 5.99. The smallest absolute Gasteiger partial charge is 0.416 e. The summed E-state index contributed by atoms with van der Waals surface area (Å²) < 4.78 is 44.1. The van der Waals surface area contributed by atoms with Crippen LogP contribution in [0.25, 0.3) is 11.1 Å². The molecule has 0 radical (unpaired) electrons. The molecule has 2 aromatic rings. The fraction of sp³-hybridized carbons (Fsp3) is 0.286. The molecule has 0 atom stereocenters. The maximum atomic E-state index is 12.9. The number of aryl methyl sites for hydroxylation is 1. The zero-order valence-corrected chi connectivity index (χ0v) is 13.1. The van der Waals surface area contributed by atoms with E-state index in [1.165, 1.54) is 6.07 Å². The Morgan fingerprint density at radius 3 is 2.38 bits per heavy atom. The summed E-state index contributed by atoms with van der Waals surface area (Å²) in [5.41, 5.74) is 0.343. The van der Waals surface area contributed by atoms with Crippen LogP contribution in [0.15, 0.2) is 27.3 Å². The molecule has 114 valence electrons. The van der Waals surface area contributed by atoms with Gasteiger partial charge in [-0.1, -0.05) is 6.07 Å². The summed E-state index contributed by atoms with van der Waals surface area (Å²) in [5, 5.41) is 10.1. The highest BCUT2D eigenvalue weighted by Gasteiger charge is 2.32. The Morgan fingerprint density at radius 1 is 1.24 bits per heavy atom. The number of halogens is 4. The van der Waals surface area contributed by atoms with Gasteiger partial charge in [0, 0.05) is 14.1 Å². The molecule has 0 aliphatic carbocycles. The van der Waals surface area contributed by atoms with E-state index in [4.69, 9.17) is 4.42 Å². The van der Waals surface area contributed by atoms with Crippen molar-refractivity contribution in [2.24, 2.45) is 0 Å². The Morgan fingerprint density at radius 2 is 1.86 bits per heavy atom. The van der Waals surface area contributed by atoms with E-state index >= 15 is 0 Å². The molecule has 0 bridgehead atoms. The van der Waals surface area contributed by atoms with Gasteiger partial charge in [0.15, 0.2) is 5.75 Å². The van der Waals surface area contributed by atoms with Crippen LogP contribution >= 0.6 is 15.9 Å². The van der Waals surface area contributed by atoms with Crippen molar-refractivity contribution in [3.8, 4) is 16.9 Å². The van der Waals surface area contributed by atoms with Crippen LogP contribution in [0.1, 0.15) is 11.1 Å². The molecule has 2 rings (SSSR count). The van der Waals surface area contributed by atoms with E-state index in [0.29, 0.717) is 5.56 Å². The van der Waals surface area contributed by atoms with Crippen LogP contribution in [0, 0.1) is 6.92 Å². The van der Waals surface area contributed by atoms with Crippen LogP contribution in [-0.4, -0.2) is 19.2 Å². The van der Waals surface area contributed by atoms with Gasteiger partial charge in [0.1, 0.15) is 0 Å². The second-order valence-corrected chi connectivity index (χ2v) is 5.55. The van der Waals surface area contributed by atoms with Crippen LogP contribution < -0.4 is 4.90 Å². The first-order valence-corrected chi connectivity index (χ1v) is 6.79. The Kier molecular flexibility index (Phi) is 3.97. The van der Waals surface area contributed by atoms with Gasteiger partial charge in [-0.05, 0) is 46.1 Å². The van der Waals surface area contributed by atoms with Crippen molar-refractivity contribution >= 4 is 21.8 Å². The monoisotopic (exact) mass is 363 g/mol. The maximum absolute atomic E-state index is 12.9. The SMILES string of the molecule is Cc1ccc(C(F)(F)F)cc1-c1c(N(C)C)oc(Br)c1O. The second kappa shape index (κ2) is 5.29. The molecule has 1 N–H and O–H groups in total. The normalized spacial score (nSPS) is 11.8. The number of hydrogen-bond acceptors (Lipinski definition) is 3. The Hall–Kier alpha value is -1.63. The van der Waals surface area contributed by atoms with Crippen molar-refractivity contribution in [2.45, 2.75) is 13.1 Å². The molecule has 0 saturated heterocycles. The standard InChI is InChI=1S/C14H13BrF3NO2/c1-7-4-5-8(14(16,17)18)6-9(7)10-11(20)12(15)21-13(10)19(2)3/h4-6,20H,1-3H3. The van der Waals surface area contributed by atoms with E-state index < -0.39 is 11.7 Å². The molecule has 21 heavy (non-hydrogen) atoms. The zero-order valence-electron chi connectivity index (χ0n) is 11.5. The lowest BCUT2D eigenvalue weighted by Gasteiger charge is -2.14. The van der Waals surface area contributed by atoms with E-state index in [-0.39, 0.29) is 27.4 Å². The summed E-state index contributed by atoms with van der Waals surface area (Å²) in [6.07, 6.45) is -4.45. The fourth-order valence-corrected chi connectivity index (χ4v) is 2.36. The van der Waals surface area contributed by atoms with Crippen molar-refractivity contribution < 1.29 is 22.7 Å². The molecule has 1 heterocycles. The number of hydrogen-bond donors (Lipinski definition) is 1. The first kappa shape index (κ1) is 15.8. The summed E-state index contributed by atoms with van der Waals surface area (Å²) in [7, 11) is 3.36. The zero-order chi connectivity index (χ0) is 15.9. The molecule has 0 amide bonds. The molecule has 1 aromatic carbocycles. The van der Waals surface area contributed by atoms with Crippen molar-refractivity contribution in [2.75, 3.05) is 19.0 Å². The molecule has 0 unspecified atom stereocenters. The highest BCUT2D eigenvalue weighted by atomic mass is 79.9. The van der Waals surface area contributed by atoms with Crippen LogP contribution in [0.4, 0.5) is 19.1 Å². The number of furan rings is 1. The number of benzene rings is 1. The van der Waals surface area contributed by atoms with Gasteiger partial charge in [-0.25, -0.2) is 0 Å². The van der Waals surface area contributed by atoms with Crippen molar-refractivity contribution in [1.29, 1.82) is 0 Å². The van der Waals surface area contributed by atoms with Gasteiger partial charge in [-0.3, -0.25) is 0 Å². The van der Waals surface area contributed by atoms with Crippen molar-refractivity contribution in [3.05, 3.63) is 34.0 Å². The third-order valence-corrected chi connectivity index (χ3v) is 3.60. The number of rotatable bonds is 2. The van der Waals surface area contributed by atoms with Crippen LogP contribution in [0.5, 0.6) is 5.75 Å². The Labute approximate surface area is 128 Å². The quantitative estimate of drug-likeness (QED) is 0.831. The molecule has 0 aliphatic heterocycles. The summed E-state index contributed by atoms with van der Waals surface area (Å²) in [6.45, 7) is 1.68. The van der Waals surface area contributed by atoms with Gasteiger partial charge in [0.25, 0.3) is 0 Å². The van der Waals surface area contributed by atoms with E-state index in [1.54, 1.807) is 25.9 Å². The fourth-order valence-electron chi connectivity index (χ4n) is 2.01. The summed E-state index contributed by atoms with van der Waals surface area (Å²) in [4.78, 5) is 1.58. The third kappa shape index (κ3) is 2.88. The lowest BCUT2D eigenvalue weighted by Crippen LogP contribution is -2.09. The number of alkyl halides is 3. The van der Waals surface area contributed by atoms with E-state index in [1.807, 2.05) is 0 Å². The van der Waals surface area contributed by atoms with Crippen LogP contribution in [0.2, 0.25) is 0 Å². The molecule has 0 fully saturated rings. The van der Waals surface area contributed by atoms with E-state index in [0.717, 1.165) is 12.1 Å². The topological polar surface area (TPSA) is 36.6 Å². The van der Waals surface area contributed by atoms with Crippen LogP contribution in [-0.2, 0) is 6.18 Å². The third-order valence-electron chi connectivity index (χ3n) is 3.06. The highest BCUT2D eigenvalue weighted by Crippen LogP contribution is 2.47. The average Bonchev–Trinajstić information content (AvgIpc) is 2.66. The highest BCUT2D eigenvalue weighted by molar-refractivity contribution is 9.10. The van der Waals surface area contributed by atoms with Gasteiger partial charge in [0.05, 0.1) is 11.1 Å². The van der Waals surface area contributed by atoms with Gasteiger partial charge < -0.3 is 14.4 Å². The minimum Gasteiger partial charge on any atom is -0.503 e. The average molecular weight is 364 g/mol. The number of anilines is 1. The maximum Gasteiger partial charge on any atom is 0.416 e. The second-order valence-electron chi connectivity index (χ2n) is 4.83. The lowest BCUT2D eigenvalue weighted by molar-refractivity contribution is -0.137. The minimum atomic E-state index is -4.45. The number of nitrogens with zero attached hydrogens (tertiary/aromatic N) is 1. The molecular formula is C14H13BrF3NO2. The predicted molar refractivity (Wildman–Crippen MR) is 77.6 cm³/mol.